The number of carbonyl (C=O) groups excluding carboxylic acids is 1. The van der Waals surface area contributed by atoms with Gasteiger partial charge in [0, 0.05) is 11.3 Å². The van der Waals surface area contributed by atoms with Crippen LogP contribution in [0.3, 0.4) is 0 Å². The van der Waals surface area contributed by atoms with Gasteiger partial charge < -0.3 is 4.74 Å². The summed E-state index contributed by atoms with van der Waals surface area (Å²) in [4.78, 5) is 11.6. The fourth-order valence-corrected chi connectivity index (χ4v) is 2.01. The second-order valence-corrected chi connectivity index (χ2v) is 6.46. The molecule has 1 aromatic carbocycles. The third kappa shape index (κ3) is 4.01. The number of rotatable bonds is 4. The normalized spacial score (nSPS) is 11.1. The molecule has 0 bridgehead atoms. The summed E-state index contributed by atoms with van der Waals surface area (Å²) >= 11 is 11.3. The van der Waals surface area contributed by atoms with E-state index in [1.807, 2.05) is 0 Å². The lowest BCUT2D eigenvalue weighted by Crippen LogP contribution is -2.08. The molecule has 0 spiro atoms. The van der Waals surface area contributed by atoms with E-state index in [9.17, 15) is 13.2 Å². The zero-order valence-electron chi connectivity index (χ0n) is 9.44. The average Bonchev–Trinajstić information content (AvgIpc) is 2.24. The minimum atomic E-state index is -3.42. The first-order valence-electron chi connectivity index (χ1n) is 4.72. The quantitative estimate of drug-likeness (QED) is 0.802. The largest absolute Gasteiger partial charge is 0.456 e. The lowest BCUT2D eigenvalue weighted by Gasteiger charge is -2.07. The van der Waals surface area contributed by atoms with Gasteiger partial charge in [-0.05, 0) is 18.2 Å². The van der Waals surface area contributed by atoms with Crippen LogP contribution in [0, 0.1) is 0 Å². The molecular formula is C11H10Cl2O4S. The van der Waals surface area contributed by atoms with E-state index in [0.717, 1.165) is 12.3 Å². The Morgan fingerprint density at radius 1 is 1.44 bits per heavy atom. The molecule has 0 aliphatic carbocycles. The molecule has 0 aliphatic heterocycles. The van der Waals surface area contributed by atoms with Gasteiger partial charge in [0.25, 0.3) is 0 Å². The molecule has 98 valence electrons. The third-order valence-electron chi connectivity index (χ3n) is 1.95. The molecule has 0 unspecified atom stereocenters. The van der Waals surface area contributed by atoms with Crippen LogP contribution < -0.4 is 0 Å². The Morgan fingerprint density at radius 3 is 2.56 bits per heavy atom. The molecule has 0 atom stereocenters. The van der Waals surface area contributed by atoms with Crippen LogP contribution in [0.5, 0.6) is 0 Å². The summed E-state index contributed by atoms with van der Waals surface area (Å²) in [6.45, 7) is 3.19. The summed E-state index contributed by atoms with van der Waals surface area (Å²) in [6, 6.07) is 3.80. The molecule has 0 radical (unpaired) electrons. The van der Waals surface area contributed by atoms with Crippen LogP contribution in [0.1, 0.15) is 10.4 Å². The number of hydrogen-bond acceptors (Lipinski definition) is 4. The van der Waals surface area contributed by atoms with Gasteiger partial charge in [-0.2, -0.15) is 0 Å². The Balaban J connectivity index is 3.08. The number of sulfone groups is 1. The van der Waals surface area contributed by atoms with Crippen LogP contribution in [-0.4, -0.2) is 27.2 Å². The summed E-state index contributed by atoms with van der Waals surface area (Å²) in [6.07, 6.45) is 1.03. The molecule has 0 aromatic heterocycles. The van der Waals surface area contributed by atoms with Gasteiger partial charge in [0.1, 0.15) is 6.61 Å². The van der Waals surface area contributed by atoms with Crippen molar-refractivity contribution in [3.63, 3.8) is 0 Å². The summed E-state index contributed by atoms with van der Waals surface area (Å²) < 4.78 is 27.5. The van der Waals surface area contributed by atoms with Gasteiger partial charge in [-0.1, -0.05) is 29.8 Å². The van der Waals surface area contributed by atoms with Crippen LogP contribution in [0.25, 0.3) is 0 Å². The van der Waals surface area contributed by atoms with Gasteiger partial charge >= 0.3 is 5.97 Å². The topological polar surface area (TPSA) is 60.4 Å². The second kappa shape index (κ2) is 5.73. The van der Waals surface area contributed by atoms with Crippen molar-refractivity contribution in [2.45, 2.75) is 4.90 Å². The number of ether oxygens (including phenoxy) is 1. The molecule has 0 fully saturated rings. The van der Waals surface area contributed by atoms with Crippen LogP contribution >= 0.6 is 23.2 Å². The highest BCUT2D eigenvalue weighted by atomic mass is 35.5. The second-order valence-electron chi connectivity index (χ2n) is 3.51. The zero-order valence-corrected chi connectivity index (χ0v) is 11.8. The minimum Gasteiger partial charge on any atom is -0.456 e. The number of hydrogen-bond donors (Lipinski definition) is 0. The number of esters is 1. The summed E-state index contributed by atoms with van der Waals surface area (Å²) in [5.74, 6) is -0.757. The number of benzene rings is 1. The predicted molar refractivity (Wildman–Crippen MR) is 69.8 cm³/mol. The third-order valence-corrected chi connectivity index (χ3v) is 3.49. The Labute approximate surface area is 115 Å². The fourth-order valence-electron chi connectivity index (χ4n) is 1.11. The van der Waals surface area contributed by atoms with Crippen LogP contribution in [0.15, 0.2) is 34.7 Å². The predicted octanol–water partition coefficient (Wildman–Crippen LogP) is 2.65. The molecule has 1 rings (SSSR count). The molecule has 4 nitrogen and oxygen atoms in total. The minimum absolute atomic E-state index is 0.0106. The molecule has 0 heterocycles. The maximum absolute atomic E-state index is 11.6. The smallest absolute Gasteiger partial charge is 0.340 e. The van der Waals surface area contributed by atoms with Gasteiger partial charge in [0.05, 0.1) is 15.5 Å². The molecule has 1 aromatic rings. The molecule has 0 saturated heterocycles. The van der Waals surface area contributed by atoms with Crippen LogP contribution in [0.4, 0.5) is 0 Å². The van der Waals surface area contributed by atoms with E-state index < -0.39 is 15.8 Å². The lowest BCUT2D eigenvalue weighted by molar-refractivity contribution is 0.0546. The number of halogens is 2. The van der Waals surface area contributed by atoms with E-state index in [1.165, 1.54) is 12.1 Å². The van der Waals surface area contributed by atoms with E-state index in [0.29, 0.717) is 0 Å². The van der Waals surface area contributed by atoms with Gasteiger partial charge in [-0.25, -0.2) is 13.2 Å². The highest BCUT2D eigenvalue weighted by Gasteiger charge is 2.16. The molecule has 0 aliphatic rings. The van der Waals surface area contributed by atoms with Crippen LogP contribution in [-0.2, 0) is 14.6 Å². The molecule has 0 N–H and O–H groups in total. The first kappa shape index (κ1) is 15.0. The first-order valence-corrected chi connectivity index (χ1v) is 7.36. The molecular weight excluding hydrogens is 299 g/mol. The first-order chi connectivity index (χ1) is 8.21. The lowest BCUT2D eigenvalue weighted by atomic mass is 10.2. The van der Waals surface area contributed by atoms with Gasteiger partial charge in [-0.15, -0.1) is 0 Å². The Bertz CT molecular complexity index is 593. The Hall–Kier alpha value is -1.04. The van der Waals surface area contributed by atoms with E-state index in [4.69, 9.17) is 27.9 Å². The van der Waals surface area contributed by atoms with Gasteiger partial charge in [0.15, 0.2) is 9.84 Å². The van der Waals surface area contributed by atoms with E-state index in [1.54, 1.807) is 0 Å². The van der Waals surface area contributed by atoms with Crippen molar-refractivity contribution >= 4 is 39.0 Å². The Morgan fingerprint density at radius 2 is 2.06 bits per heavy atom. The van der Waals surface area contributed by atoms with Gasteiger partial charge in [-0.3, -0.25) is 0 Å². The molecule has 0 amide bonds. The van der Waals surface area contributed by atoms with Crippen molar-refractivity contribution in [2.24, 2.45) is 0 Å². The van der Waals surface area contributed by atoms with Gasteiger partial charge in [0.2, 0.25) is 0 Å². The van der Waals surface area contributed by atoms with Crippen molar-refractivity contribution < 1.29 is 17.9 Å². The van der Waals surface area contributed by atoms with Crippen LogP contribution in [0.2, 0.25) is 5.02 Å². The highest BCUT2D eigenvalue weighted by Crippen LogP contribution is 2.21. The molecule has 7 heteroatoms. The van der Waals surface area contributed by atoms with E-state index in [2.05, 4.69) is 6.58 Å². The van der Waals surface area contributed by atoms with Crippen molar-refractivity contribution in [3.05, 3.63) is 40.4 Å². The van der Waals surface area contributed by atoms with Crippen molar-refractivity contribution in [3.8, 4) is 0 Å². The van der Waals surface area contributed by atoms with Crippen molar-refractivity contribution in [1.82, 2.24) is 0 Å². The zero-order chi connectivity index (χ0) is 13.9. The average molecular weight is 309 g/mol. The fraction of sp³-hybridized carbons (Fsp3) is 0.182. The molecule has 18 heavy (non-hydrogen) atoms. The van der Waals surface area contributed by atoms with E-state index in [-0.39, 0.29) is 27.1 Å². The maximum atomic E-state index is 11.6. The SMILES string of the molecule is C=C(Cl)COC(=O)c1cc(S(C)(=O)=O)ccc1Cl. The monoisotopic (exact) mass is 308 g/mol. The van der Waals surface area contributed by atoms with E-state index >= 15 is 0 Å². The summed E-state index contributed by atoms with van der Waals surface area (Å²) in [5, 5.41) is 0.256. The summed E-state index contributed by atoms with van der Waals surface area (Å²) in [7, 11) is -3.42. The van der Waals surface area contributed by atoms with Crippen molar-refractivity contribution in [2.75, 3.05) is 12.9 Å². The summed E-state index contributed by atoms with van der Waals surface area (Å²) in [5.41, 5.74) is -0.0301. The number of carbonyl (C=O) groups is 1. The molecule has 0 saturated carbocycles. The highest BCUT2D eigenvalue weighted by molar-refractivity contribution is 7.90. The standard InChI is InChI=1S/C11H10Cl2O4S/c1-7(12)6-17-11(14)9-5-8(18(2,15)16)3-4-10(9)13/h3-5H,1,6H2,2H3. The Kier molecular flexibility index (Phi) is 4.78. The maximum Gasteiger partial charge on any atom is 0.340 e. The van der Waals surface area contributed by atoms with Crippen molar-refractivity contribution in [1.29, 1.82) is 0 Å².